The number of nitrogens with zero attached hydrogens (tertiary/aromatic N) is 1. The molecule has 0 saturated carbocycles. The molecule has 0 heterocycles. The van der Waals surface area contributed by atoms with Gasteiger partial charge in [0.15, 0.2) is 0 Å². The minimum Gasteiger partial charge on any atom is -0.480 e. The second-order valence-electron chi connectivity index (χ2n) is 4.83. The van der Waals surface area contributed by atoms with Crippen LogP contribution in [0.4, 0.5) is 0 Å². The fourth-order valence-electron chi connectivity index (χ4n) is 1.82. The van der Waals surface area contributed by atoms with Crippen LogP contribution in [-0.4, -0.2) is 40.1 Å². The van der Waals surface area contributed by atoms with Crippen LogP contribution >= 0.6 is 0 Å². The smallest absolute Gasteiger partial charge is 0.317 e. The summed E-state index contributed by atoms with van der Waals surface area (Å²) in [4.78, 5) is 22.8. The van der Waals surface area contributed by atoms with Crippen molar-refractivity contribution >= 4 is 11.9 Å². The predicted octanol–water partition coefficient (Wildman–Crippen LogP) is 1.78. The third kappa shape index (κ3) is 5.52. The first-order valence-electron chi connectivity index (χ1n) is 6.13. The van der Waals surface area contributed by atoms with E-state index in [9.17, 15) is 9.59 Å². The predicted molar refractivity (Wildman–Crippen MR) is 71.1 cm³/mol. The van der Waals surface area contributed by atoms with Gasteiger partial charge in [0.2, 0.25) is 0 Å². The van der Waals surface area contributed by atoms with Gasteiger partial charge in [-0.1, -0.05) is 38.1 Å². The Labute approximate surface area is 112 Å². The van der Waals surface area contributed by atoms with E-state index < -0.39 is 11.9 Å². The molecule has 0 bridgehead atoms. The van der Waals surface area contributed by atoms with Gasteiger partial charge < -0.3 is 10.2 Å². The van der Waals surface area contributed by atoms with Gasteiger partial charge in [-0.3, -0.25) is 14.5 Å². The summed E-state index contributed by atoms with van der Waals surface area (Å²) in [5.41, 5.74) is 2.11. The largest absolute Gasteiger partial charge is 0.480 e. The Morgan fingerprint density at radius 2 is 1.53 bits per heavy atom. The fraction of sp³-hybridized carbons (Fsp3) is 0.429. The summed E-state index contributed by atoms with van der Waals surface area (Å²) < 4.78 is 0. The molecule has 104 valence electrons. The summed E-state index contributed by atoms with van der Waals surface area (Å²) in [5.74, 6) is -1.62. The molecule has 1 aromatic carbocycles. The summed E-state index contributed by atoms with van der Waals surface area (Å²) in [6.45, 7) is 3.94. The highest BCUT2D eigenvalue weighted by Gasteiger charge is 2.13. The molecular formula is C14H19NO4. The minimum atomic E-state index is -1.03. The molecule has 2 N–H and O–H groups in total. The van der Waals surface area contributed by atoms with Crippen molar-refractivity contribution in [2.45, 2.75) is 26.3 Å². The van der Waals surface area contributed by atoms with Gasteiger partial charge in [0, 0.05) is 6.54 Å². The maximum atomic E-state index is 10.7. The molecule has 0 aliphatic carbocycles. The topological polar surface area (TPSA) is 77.8 Å². The zero-order chi connectivity index (χ0) is 14.4. The van der Waals surface area contributed by atoms with Gasteiger partial charge in [-0.15, -0.1) is 0 Å². The van der Waals surface area contributed by atoms with Crippen molar-refractivity contribution in [3.63, 3.8) is 0 Å². The summed E-state index contributed by atoms with van der Waals surface area (Å²) in [5, 5.41) is 17.5. The van der Waals surface area contributed by atoms with E-state index in [2.05, 4.69) is 13.8 Å². The van der Waals surface area contributed by atoms with Gasteiger partial charge >= 0.3 is 11.9 Å². The van der Waals surface area contributed by atoms with Crippen LogP contribution in [0.15, 0.2) is 24.3 Å². The first-order chi connectivity index (χ1) is 8.88. The number of carboxylic acids is 2. The number of benzene rings is 1. The van der Waals surface area contributed by atoms with E-state index in [1.54, 1.807) is 0 Å². The van der Waals surface area contributed by atoms with Crippen LogP contribution in [0.5, 0.6) is 0 Å². The second kappa shape index (κ2) is 6.89. The molecule has 0 saturated heterocycles. The van der Waals surface area contributed by atoms with Crippen molar-refractivity contribution in [1.29, 1.82) is 0 Å². The normalized spacial score (nSPS) is 10.9. The molecule has 1 rings (SSSR count). The van der Waals surface area contributed by atoms with Crippen LogP contribution < -0.4 is 0 Å². The highest BCUT2D eigenvalue weighted by atomic mass is 16.4. The summed E-state index contributed by atoms with van der Waals surface area (Å²) >= 11 is 0. The number of rotatable bonds is 7. The van der Waals surface area contributed by atoms with Crippen molar-refractivity contribution in [3.8, 4) is 0 Å². The van der Waals surface area contributed by atoms with Gasteiger partial charge in [0.05, 0.1) is 13.1 Å². The van der Waals surface area contributed by atoms with Crippen LogP contribution in [0, 0.1) is 0 Å². The lowest BCUT2D eigenvalue weighted by molar-refractivity contribution is -0.142. The fourth-order valence-corrected chi connectivity index (χ4v) is 1.82. The molecule has 0 aliphatic heterocycles. The second-order valence-corrected chi connectivity index (χ2v) is 4.83. The lowest BCUT2D eigenvalue weighted by Crippen LogP contribution is -2.33. The van der Waals surface area contributed by atoms with Gasteiger partial charge in [-0.05, 0) is 17.0 Å². The van der Waals surface area contributed by atoms with E-state index >= 15 is 0 Å². The third-order valence-electron chi connectivity index (χ3n) is 2.77. The van der Waals surface area contributed by atoms with Crippen LogP contribution in [0.25, 0.3) is 0 Å². The molecule has 0 aromatic heterocycles. The van der Waals surface area contributed by atoms with E-state index in [4.69, 9.17) is 10.2 Å². The Kier molecular flexibility index (Phi) is 5.51. The molecule has 0 spiro atoms. The van der Waals surface area contributed by atoms with E-state index in [1.807, 2.05) is 24.3 Å². The number of carboxylic acid groups (broad SMARTS) is 2. The van der Waals surface area contributed by atoms with E-state index in [-0.39, 0.29) is 13.1 Å². The standard InChI is InChI=1S/C14H19NO4/c1-10(2)12-5-3-11(4-6-12)7-15(8-13(16)17)9-14(18)19/h3-6,10H,7-9H2,1-2H3,(H,16,17)(H,18,19). The Balaban J connectivity index is 2.72. The first-order valence-corrected chi connectivity index (χ1v) is 6.13. The van der Waals surface area contributed by atoms with Gasteiger partial charge in [0.25, 0.3) is 0 Å². The first kappa shape index (κ1) is 15.2. The molecule has 0 amide bonds. The monoisotopic (exact) mass is 265 g/mol. The molecule has 1 aromatic rings. The van der Waals surface area contributed by atoms with Gasteiger partial charge in [-0.2, -0.15) is 0 Å². The summed E-state index contributed by atoms with van der Waals surface area (Å²) in [6.07, 6.45) is 0. The third-order valence-corrected chi connectivity index (χ3v) is 2.77. The van der Waals surface area contributed by atoms with Crippen molar-refractivity contribution in [2.75, 3.05) is 13.1 Å². The highest BCUT2D eigenvalue weighted by Crippen LogP contribution is 2.15. The molecule has 19 heavy (non-hydrogen) atoms. The zero-order valence-electron chi connectivity index (χ0n) is 11.2. The van der Waals surface area contributed by atoms with E-state index in [0.717, 1.165) is 5.56 Å². The van der Waals surface area contributed by atoms with Crippen molar-refractivity contribution in [3.05, 3.63) is 35.4 Å². The zero-order valence-corrected chi connectivity index (χ0v) is 11.2. The molecule has 0 unspecified atom stereocenters. The Morgan fingerprint density at radius 3 is 1.89 bits per heavy atom. The van der Waals surface area contributed by atoms with Crippen LogP contribution in [0.2, 0.25) is 0 Å². The molecule has 0 radical (unpaired) electrons. The average molecular weight is 265 g/mol. The van der Waals surface area contributed by atoms with Crippen LogP contribution in [0.1, 0.15) is 30.9 Å². The minimum absolute atomic E-state index is 0.280. The Morgan fingerprint density at radius 1 is 1.05 bits per heavy atom. The summed E-state index contributed by atoms with van der Waals surface area (Å²) in [6, 6.07) is 7.79. The summed E-state index contributed by atoms with van der Waals surface area (Å²) in [7, 11) is 0. The molecule has 0 fully saturated rings. The number of aliphatic carboxylic acids is 2. The maximum absolute atomic E-state index is 10.7. The number of carbonyl (C=O) groups is 2. The van der Waals surface area contributed by atoms with Crippen molar-refractivity contribution in [2.24, 2.45) is 0 Å². The van der Waals surface area contributed by atoms with Crippen molar-refractivity contribution in [1.82, 2.24) is 4.90 Å². The lowest BCUT2D eigenvalue weighted by Gasteiger charge is -2.18. The van der Waals surface area contributed by atoms with E-state index in [1.165, 1.54) is 10.5 Å². The Bertz CT molecular complexity index is 423. The number of hydrogen-bond donors (Lipinski definition) is 2. The van der Waals surface area contributed by atoms with Gasteiger partial charge in [-0.25, -0.2) is 0 Å². The SMILES string of the molecule is CC(C)c1ccc(CN(CC(=O)O)CC(=O)O)cc1. The molecule has 0 atom stereocenters. The molecular weight excluding hydrogens is 246 g/mol. The quantitative estimate of drug-likeness (QED) is 0.785. The van der Waals surface area contributed by atoms with Crippen LogP contribution in [-0.2, 0) is 16.1 Å². The lowest BCUT2D eigenvalue weighted by atomic mass is 10.0. The molecule has 0 aliphatic rings. The maximum Gasteiger partial charge on any atom is 0.317 e. The van der Waals surface area contributed by atoms with Crippen LogP contribution in [0.3, 0.4) is 0 Å². The van der Waals surface area contributed by atoms with Crippen molar-refractivity contribution < 1.29 is 19.8 Å². The molecule has 5 nitrogen and oxygen atoms in total. The number of hydrogen-bond acceptors (Lipinski definition) is 3. The van der Waals surface area contributed by atoms with Gasteiger partial charge in [0.1, 0.15) is 0 Å². The Hall–Kier alpha value is -1.88. The highest BCUT2D eigenvalue weighted by molar-refractivity contribution is 5.72. The average Bonchev–Trinajstić information content (AvgIpc) is 2.27. The molecule has 5 heteroatoms. The van der Waals surface area contributed by atoms with E-state index in [0.29, 0.717) is 12.5 Å².